The molecule has 0 amide bonds. The molecule has 1 rings (SSSR count). The SMILES string of the molecule is N#Cc1cccc(N=[N+]=[N-])c1F. The van der Waals surface area contributed by atoms with Gasteiger partial charge in [0.1, 0.15) is 6.07 Å². The number of nitrogens with zero attached hydrogens (tertiary/aromatic N) is 4. The van der Waals surface area contributed by atoms with Gasteiger partial charge in [-0.15, -0.1) is 0 Å². The molecule has 0 spiro atoms. The van der Waals surface area contributed by atoms with Crippen LogP contribution in [-0.2, 0) is 0 Å². The van der Waals surface area contributed by atoms with Gasteiger partial charge in [-0.3, -0.25) is 0 Å². The van der Waals surface area contributed by atoms with Crippen molar-refractivity contribution >= 4 is 5.69 Å². The maximum atomic E-state index is 13.0. The molecule has 5 heteroatoms. The second kappa shape index (κ2) is 3.37. The summed E-state index contributed by atoms with van der Waals surface area (Å²) in [5.41, 5.74) is 7.74. The largest absolute Gasteiger partial charge is 0.205 e. The molecule has 1 aromatic rings. The lowest BCUT2D eigenvalue weighted by atomic mass is 10.2. The van der Waals surface area contributed by atoms with Crippen molar-refractivity contribution in [2.24, 2.45) is 5.11 Å². The van der Waals surface area contributed by atoms with Gasteiger partial charge in [0.15, 0.2) is 5.82 Å². The van der Waals surface area contributed by atoms with E-state index in [1.54, 1.807) is 6.07 Å². The Morgan fingerprint density at radius 2 is 2.33 bits per heavy atom. The van der Waals surface area contributed by atoms with E-state index in [9.17, 15) is 4.39 Å². The standard InChI is InChI=1S/C7H3FN4/c8-7-5(4-9)2-1-3-6(7)11-12-10/h1-3H. The van der Waals surface area contributed by atoms with Crippen LogP contribution in [0.1, 0.15) is 5.56 Å². The van der Waals surface area contributed by atoms with Crippen molar-refractivity contribution in [2.75, 3.05) is 0 Å². The number of nitriles is 1. The molecule has 0 unspecified atom stereocenters. The molecule has 0 aliphatic heterocycles. The van der Waals surface area contributed by atoms with Crippen molar-refractivity contribution in [1.82, 2.24) is 0 Å². The fourth-order valence-electron chi connectivity index (χ4n) is 0.732. The lowest BCUT2D eigenvalue weighted by molar-refractivity contribution is 0.626. The Hall–Kier alpha value is -2.05. The summed E-state index contributed by atoms with van der Waals surface area (Å²) < 4.78 is 13.0. The van der Waals surface area contributed by atoms with Crippen LogP contribution in [-0.4, -0.2) is 0 Å². The van der Waals surface area contributed by atoms with E-state index < -0.39 is 5.82 Å². The number of benzene rings is 1. The van der Waals surface area contributed by atoms with E-state index in [0.717, 1.165) is 0 Å². The van der Waals surface area contributed by atoms with E-state index in [1.165, 1.54) is 18.2 Å². The van der Waals surface area contributed by atoms with Gasteiger partial charge in [-0.05, 0) is 17.7 Å². The minimum Gasteiger partial charge on any atom is -0.205 e. The molecule has 0 saturated heterocycles. The average molecular weight is 162 g/mol. The number of halogens is 1. The first-order valence-corrected chi connectivity index (χ1v) is 3.03. The summed E-state index contributed by atoms with van der Waals surface area (Å²) in [6.07, 6.45) is 0. The van der Waals surface area contributed by atoms with Gasteiger partial charge in [0.05, 0.1) is 11.3 Å². The monoisotopic (exact) mass is 162 g/mol. The molecular weight excluding hydrogens is 159 g/mol. The summed E-state index contributed by atoms with van der Waals surface area (Å²) in [6.45, 7) is 0. The second-order valence-electron chi connectivity index (χ2n) is 1.94. The molecule has 0 aliphatic rings. The van der Waals surface area contributed by atoms with Crippen molar-refractivity contribution in [3.63, 3.8) is 0 Å². The van der Waals surface area contributed by atoms with Gasteiger partial charge in [-0.2, -0.15) is 5.26 Å². The molecule has 0 atom stereocenters. The smallest absolute Gasteiger partial charge is 0.150 e. The third-order valence-corrected chi connectivity index (χ3v) is 1.25. The molecule has 0 aliphatic carbocycles. The normalized spacial score (nSPS) is 8.33. The van der Waals surface area contributed by atoms with Crippen molar-refractivity contribution in [1.29, 1.82) is 5.26 Å². The maximum absolute atomic E-state index is 13.0. The van der Waals surface area contributed by atoms with E-state index in [0.29, 0.717) is 0 Å². The molecule has 0 heterocycles. The zero-order valence-electron chi connectivity index (χ0n) is 5.90. The van der Waals surface area contributed by atoms with Crippen LogP contribution in [0.25, 0.3) is 10.4 Å². The third kappa shape index (κ3) is 1.34. The van der Waals surface area contributed by atoms with E-state index in [1.807, 2.05) is 0 Å². The molecule has 58 valence electrons. The minimum absolute atomic E-state index is 0.125. The van der Waals surface area contributed by atoms with Crippen molar-refractivity contribution in [3.05, 3.63) is 40.0 Å². The molecular formula is C7H3FN4. The maximum Gasteiger partial charge on any atom is 0.150 e. The fraction of sp³-hybridized carbons (Fsp3) is 0. The molecule has 4 nitrogen and oxygen atoms in total. The van der Waals surface area contributed by atoms with Crippen LogP contribution in [0.3, 0.4) is 0 Å². The summed E-state index contributed by atoms with van der Waals surface area (Å²) in [7, 11) is 0. The Labute approximate surface area is 67.5 Å². The van der Waals surface area contributed by atoms with Gasteiger partial charge >= 0.3 is 0 Å². The van der Waals surface area contributed by atoms with Crippen LogP contribution >= 0.6 is 0 Å². The highest BCUT2D eigenvalue weighted by atomic mass is 19.1. The third-order valence-electron chi connectivity index (χ3n) is 1.25. The van der Waals surface area contributed by atoms with E-state index in [-0.39, 0.29) is 11.3 Å². The summed E-state index contributed by atoms with van der Waals surface area (Å²) >= 11 is 0. The van der Waals surface area contributed by atoms with Crippen molar-refractivity contribution in [3.8, 4) is 6.07 Å². The molecule has 0 N–H and O–H groups in total. The molecule has 1 aromatic carbocycles. The zero-order valence-corrected chi connectivity index (χ0v) is 5.90. The predicted octanol–water partition coefficient (Wildman–Crippen LogP) is 2.64. The zero-order chi connectivity index (χ0) is 8.97. The Kier molecular flexibility index (Phi) is 2.26. The molecule has 0 radical (unpaired) electrons. The highest BCUT2D eigenvalue weighted by Gasteiger charge is 2.04. The van der Waals surface area contributed by atoms with Gasteiger partial charge in [-0.1, -0.05) is 11.2 Å². The highest BCUT2D eigenvalue weighted by molar-refractivity contribution is 5.46. The molecule has 12 heavy (non-hydrogen) atoms. The van der Waals surface area contributed by atoms with E-state index >= 15 is 0 Å². The molecule has 0 fully saturated rings. The lowest BCUT2D eigenvalue weighted by Gasteiger charge is -1.94. The molecule has 0 aromatic heterocycles. The first kappa shape index (κ1) is 8.05. The van der Waals surface area contributed by atoms with E-state index in [2.05, 4.69) is 10.0 Å². The summed E-state index contributed by atoms with van der Waals surface area (Å²) in [5.74, 6) is -0.780. The van der Waals surface area contributed by atoms with Crippen LogP contribution in [0.4, 0.5) is 10.1 Å². The Bertz CT molecular complexity index is 387. The second-order valence-corrected chi connectivity index (χ2v) is 1.94. The van der Waals surface area contributed by atoms with Gasteiger partial charge in [0, 0.05) is 4.91 Å². The topological polar surface area (TPSA) is 72.5 Å². The average Bonchev–Trinajstić information content (AvgIpc) is 2.09. The highest BCUT2D eigenvalue weighted by Crippen LogP contribution is 2.19. The Morgan fingerprint density at radius 3 is 2.92 bits per heavy atom. The van der Waals surface area contributed by atoms with Crippen molar-refractivity contribution < 1.29 is 4.39 Å². The quantitative estimate of drug-likeness (QED) is 0.355. The summed E-state index contributed by atoms with van der Waals surface area (Å²) in [5, 5.41) is 11.5. The van der Waals surface area contributed by atoms with E-state index in [4.69, 9.17) is 10.8 Å². The van der Waals surface area contributed by atoms with Gasteiger partial charge in [-0.25, -0.2) is 4.39 Å². The van der Waals surface area contributed by atoms with Crippen LogP contribution in [0.2, 0.25) is 0 Å². The first-order valence-electron chi connectivity index (χ1n) is 3.03. The first-order chi connectivity index (χ1) is 5.79. The summed E-state index contributed by atoms with van der Waals surface area (Å²) in [6, 6.07) is 5.70. The molecule has 0 bridgehead atoms. The summed E-state index contributed by atoms with van der Waals surface area (Å²) in [4.78, 5) is 2.42. The number of hydrogen-bond acceptors (Lipinski definition) is 2. The van der Waals surface area contributed by atoms with Crippen LogP contribution in [0.5, 0.6) is 0 Å². The van der Waals surface area contributed by atoms with Gasteiger partial charge < -0.3 is 0 Å². The van der Waals surface area contributed by atoms with Crippen LogP contribution in [0, 0.1) is 17.1 Å². The number of azide groups is 1. The number of rotatable bonds is 1. The van der Waals surface area contributed by atoms with Crippen LogP contribution in [0.15, 0.2) is 23.3 Å². The fourth-order valence-corrected chi connectivity index (χ4v) is 0.732. The van der Waals surface area contributed by atoms with Gasteiger partial charge in [0.2, 0.25) is 0 Å². The predicted molar refractivity (Wildman–Crippen MR) is 39.9 cm³/mol. The lowest BCUT2D eigenvalue weighted by Crippen LogP contribution is -1.81. The minimum atomic E-state index is -0.780. The van der Waals surface area contributed by atoms with Crippen LogP contribution < -0.4 is 0 Å². The Morgan fingerprint density at radius 1 is 1.58 bits per heavy atom. The van der Waals surface area contributed by atoms with Crippen molar-refractivity contribution in [2.45, 2.75) is 0 Å². The van der Waals surface area contributed by atoms with Gasteiger partial charge in [0.25, 0.3) is 0 Å². The number of hydrogen-bond donors (Lipinski definition) is 0. The Balaban J connectivity index is 3.34. The molecule has 0 saturated carbocycles.